The van der Waals surface area contributed by atoms with Crippen LogP contribution in [0, 0.1) is 6.92 Å². The summed E-state index contributed by atoms with van der Waals surface area (Å²) in [6, 6.07) is 7.90. The molecule has 0 aliphatic carbocycles. The fourth-order valence-corrected chi connectivity index (χ4v) is 4.34. The second-order valence-electron chi connectivity index (χ2n) is 5.34. The lowest BCUT2D eigenvalue weighted by Crippen LogP contribution is -2.57. The molecule has 106 valence electrons. The molecule has 1 heterocycles. The lowest BCUT2D eigenvalue weighted by Gasteiger charge is -2.37. The first-order valence-corrected chi connectivity index (χ1v) is 8.29. The monoisotopic (exact) mass is 282 g/mol. The highest BCUT2D eigenvalue weighted by molar-refractivity contribution is 7.88. The first kappa shape index (κ1) is 14.5. The Hall–Kier alpha value is -0.910. The fourth-order valence-electron chi connectivity index (χ4n) is 2.51. The highest BCUT2D eigenvalue weighted by atomic mass is 32.2. The summed E-state index contributed by atoms with van der Waals surface area (Å²) in [4.78, 5) is 0. The van der Waals surface area contributed by atoms with Gasteiger partial charge in [0.15, 0.2) is 0 Å². The van der Waals surface area contributed by atoms with Crippen LogP contribution in [0.3, 0.4) is 0 Å². The van der Waals surface area contributed by atoms with Crippen LogP contribution in [0.15, 0.2) is 24.3 Å². The largest absolute Gasteiger partial charge is 0.311 e. The zero-order chi connectivity index (χ0) is 14.0. The van der Waals surface area contributed by atoms with E-state index in [2.05, 4.69) is 5.32 Å². The molecule has 1 fully saturated rings. The quantitative estimate of drug-likeness (QED) is 0.914. The van der Waals surface area contributed by atoms with Crippen LogP contribution in [0.2, 0.25) is 0 Å². The first-order chi connectivity index (χ1) is 8.90. The van der Waals surface area contributed by atoms with E-state index in [1.165, 1.54) is 0 Å². The third kappa shape index (κ3) is 3.35. The van der Waals surface area contributed by atoms with Gasteiger partial charge in [-0.05, 0) is 26.3 Å². The predicted octanol–water partition coefficient (Wildman–Crippen LogP) is 1.51. The molecular weight excluding hydrogens is 260 g/mol. The van der Waals surface area contributed by atoms with E-state index in [0.717, 1.165) is 17.7 Å². The average molecular weight is 282 g/mol. The maximum atomic E-state index is 12.5. The van der Waals surface area contributed by atoms with Crippen LogP contribution >= 0.6 is 0 Å². The smallest absolute Gasteiger partial charge is 0.218 e. The van der Waals surface area contributed by atoms with Crippen LogP contribution in [0.1, 0.15) is 25.0 Å². The molecule has 0 radical (unpaired) electrons. The van der Waals surface area contributed by atoms with Crippen LogP contribution in [0.5, 0.6) is 0 Å². The Bertz CT molecular complexity index is 542. The second-order valence-corrected chi connectivity index (χ2v) is 7.26. The zero-order valence-corrected chi connectivity index (χ0v) is 12.6. The molecule has 1 aliphatic rings. The van der Waals surface area contributed by atoms with Gasteiger partial charge in [-0.15, -0.1) is 0 Å². The van der Waals surface area contributed by atoms with Gasteiger partial charge in [-0.3, -0.25) is 0 Å². The van der Waals surface area contributed by atoms with E-state index in [-0.39, 0.29) is 17.8 Å². The molecule has 4 nitrogen and oxygen atoms in total. The SMILES string of the molecule is Cc1cccc(CS(=O)(=O)N2CCNC(C)C2C)c1. The summed E-state index contributed by atoms with van der Waals surface area (Å²) in [5, 5.41) is 3.30. The Morgan fingerprint density at radius 3 is 2.79 bits per heavy atom. The number of piperazine rings is 1. The number of rotatable bonds is 3. The van der Waals surface area contributed by atoms with Gasteiger partial charge in [0, 0.05) is 25.2 Å². The van der Waals surface area contributed by atoms with Gasteiger partial charge in [0.1, 0.15) is 0 Å². The Balaban J connectivity index is 2.18. The van der Waals surface area contributed by atoms with Crippen LogP contribution in [0.25, 0.3) is 0 Å². The molecule has 0 amide bonds. The molecule has 1 N–H and O–H groups in total. The van der Waals surface area contributed by atoms with Crippen LogP contribution < -0.4 is 5.32 Å². The molecule has 2 atom stereocenters. The molecule has 0 saturated carbocycles. The second kappa shape index (κ2) is 5.61. The van der Waals surface area contributed by atoms with Crippen molar-refractivity contribution in [3.63, 3.8) is 0 Å². The van der Waals surface area contributed by atoms with Crippen molar-refractivity contribution in [1.82, 2.24) is 9.62 Å². The van der Waals surface area contributed by atoms with Gasteiger partial charge in [0.25, 0.3) is 0 Å². The summed E-state index contributed by atoms with van der Waals surface area (Å²) in [5.74, 6) is 0.0890. The van der Waals surface area contributed by atoms with Gasteiger partial charge in [-0.25, -0.2) is 8.42 Å². The van der Waals surface area contributed by atoms with E-state index >= 15 is 0 Å². The number of sulfonamides is 1. The van der Waals surface area contributed by atoms with E-state index in [4.69, 9.17) is 0 Å². The number of nitrogens with one attached hydrogen (secondary N) is 1. The van der Waals surface area contributed by atoms with Crippen LogP contribution in [-0.2, 0) is 15.8 Å². The molecule has 0 spiro atoms. The van der Waals surface area contributed by atoms with E-state index in [9.17, 15) is 8.42 Å². The van der Waals surface area contributed by atoms with Crippen LogP contribution in [0.4, 0.5) is 0 Å². The molecule has 0 aromatic heterocycles. The number of hydrogen-bond donors (Lipinski definition) is 1. The van der Waals surface area contributed by atoms with Gasteiger partial charge < -0.3 is 5.32 Å². The average Bonchev–Trinajstić information content (AvgIpc) is 2.32. The number of benzene rings is 1. The highest BCUT2D eigenvalue weighted by Gasteiger charge is 2.33. The number of nitrogens with zero attached hydrogens (tertiary/aromatic N) is 1. The third-order valence-corrected chi connectivity index (χ3v) is 5.69. The molecular formula is C14H22N2O2S. The van der Waals surface area contributed by atoms with Crippen molar-refractivity contribution in [3.05, 3.63) is 35.4 Å². The van der Waals surface area contributed by atoms with Crippen molar-refractivity contribution >= 4 is 10.0 Å². The topological polar surface area (TPSA) is 49.4 Å². The molecule has 1 aromatic rings. The zero-order valence-electron chi connectivity index (χ0n) is 11.8. The Kier molecular flexibility index (Phi) is 4.28. The normalized spacial score (nSPS) is 25.4. The Morgan fingerprint density at radius 1 is 1.37 bits per heavy atom. The van der Waals surface area contributed by atoms with Gasteiger partial charge >= 0.3 is 0 Å². The standard InChI is InChI=1S/C14H22N2O2S/c1-11-5-4-6-14(9-11)10-19(17,18)16-8-7-15-12(2)13(16)3/h4-6,9,12-13,15H,7-8,10H2,1-3H3. The molecule has 2 rings (SSSR count). The van der Waals surface area contributed by atoms with Crippen molar-refractivity contribution in [1.29, 1.82) is 0 Å². The number of hydrogen-bond acceptors (Lipinski definition) is 3. The molecule has 1 aromatic carbocycles. The summed E-state index contributed by atoms with van der Waals surface area (Å²) < 4.78 is 26.7. The minimum absolute atomic E-state index is 0.00330. The van der Waals surface area contributed by atoms with E-state index in [0.29, 0.717) is 6.54 Å². The molecule has 0 bridgehead atoms. The molecule has 1 aliphatic heterocycles. The molecule has 19 heavy (non-hydrogen) atoms. The maximum absolute atomic E-state index is 12.5. The third-order valence-electron chi connectivity index (χ3n) is 3.77. The summed E-state index contributed by atoms with van der Waals surface area (Å²) in [7, 11) is -3.24. The van der Waals surface area contributed by atoms with E-state index in [1.807, 2.05) is 45.0 Å². The van der Waals surface area contributed by atoms with Crippen molar-refractivity contribution in [2.24, 2.45) is 0 Å². The summed E-state index contributed by atoms with van der Waals surface area (Å²) in [5.41, 5.74) is 1.95. The lowest BCUT2D eigenvalue weighted by atomic mass is 10.1. The predicted molar refractivity (Wildman–Crippen MR) is 77.4 cm³/mol. The Labute approximate surface area is 115 Å². The molecule has 2 unspecified atom stereocenters. The summed E-state index contributed by atoms with van der Waals surface area (Å²) >= 11 is 0. The lowest BCUT2D eigenvalue weighted by molar-refractivity contribution is 0.232. The summed E-state index contributed by atoms with van der Waals surface area (Å²) in [6.45, 7) is 7.24. The van der Waals surface area contributed by atoms with Crippen LogP contribution in [-0.4, -0.2) is 37.9 Å². The molecule has 5 heteroatoms. The highest BCUT2D eigenvalue weighted by Crippen LogP contribution is 2.18. The first-order valence-electron chi connectivity index (χ1n) is 6.68. The van der Waals surface area contributed by atoms with Gasteiger partial charge in [-0.1, -0.05) is 29.8 Å². The number of aryl methyl sites for hydroxylation is 1. The summed E-state index contributed by atoms with van der Waals surface area (Å²) in [6.07, 6.45) is 0. The fraction of sp³-hybridized carbons (Fsp3) is 0.571. The van der Waals surface area contributed by atoms with Crippen molar-refractivity contribution in [2.45, 2.75) is 38.6 Å². The minimum Gasteiger partial charge on any atom is -0.311 e. The van der Waals surface area contributed by atoms with E-state index in [1.54, 1.807) is 4.31 Å². The van der Waals surface area contributed by atoms with Crippen molar-refractivity contribution < 1.29 is 8.42 Å². The van der Waals surface area contributed by atoms with E-state index < -0.39 is 10.0 Å². The van der Waals surface area contributed by atoms with Gasteiger partial charge in [0.05, 0.1) is 5.75 Å². The minimum atomic E-state index is -3.24. The Morgan fingerprint density at radius 2 is 2.11 bits per heavy atom. The van der Waals surface area contributed by atoms with Crippen molar-refractivity contribution in [2.75, 3.05) is 13.1 Å². The van der Waals surface area contributed by atoms with Crippen molar-refractivity contribution in [3.8, 4) is 0 Å². The molecule has 1 saturated heterocycles. The van der Waals surface area contributed by atoms with Gasteiger partial charge in [0.2, 0.25) is 10.0 Å². The van der Waals surface area contributed by atoms with Gasteiger partial charge in [-0.2, -0.15) is 4.31 Å². The maximum Gasteiger partial charge on any atom is 0.218 e.